The molecule has 0 saturated carbocycles. The summed E-state index contributed by atoms with van der Waals surface area (Å²) in [6.07, 6.45) is 1.35. The first-order chi connectivity index (χ1) is 8.45. The molecule has 98 valence electrons. The predicted molar refractivity (Wildman–Crippen MR) is 72.1 cm³/mol. The Morgan fingerprint density at radius 3 is 2.61 bits per heavy atom. The lowest BCUT2D eigenvalue weighted by Crippen LogP contribution is -2.44. The normalized spacial score (nSPS) is 24.8. The third-order valence-electron chi connectivity index (χ3n) is 4.22. The number of nitrogens with one attached hydrogen (secondary N) is 1. The van der Waals surface area contributed by atoms with Crippen molar-refractivity contribution in [3.05, 3.63) is 29.3 Å². The number of fused-ring (bicyclic) bond motifs is 2. The second kappa shape index (κ2) is 3.71. The number of hydrogen-bond acceptors (Lipinski definition) is 3. The highest BCUT2D eigenvalue weighted by atomic mass is 32.2. The molecule has 0 aromatic heterocycles. The van der Waals surface area contributed by atoms with Gasteiger partial charge in [-0.15, -0.1) is 0 Å². The number of likely N-dealkylation sites (tertiary alicyclic amines) is 1. The Hall–Kier alpha value is -1.07. The topological polar surface area (TPSA) is 49.4 Å². The third kappa shape index (κ3) is 1.50. The average Bonchev–Trinajstić information content (AvgIpc) is 2.52. The van der Waals surface area contributed by atoms with Crippen molar-refractivity contribution in [2.75, 3.05) is 24.9 Å². The third-order valence-corrected chi connectivity index (χ3v) is 6.36. The molecule has 2 heterocycles. The minimum Gasteiger partial charge on any atom is -0.306 e. The maximum Gasteiger partial charge on any atom is 0.242 e. The minimum atomic E-state index is -3.29. The molecule has 1 spiro atoms. The van der Waals surface area contributed by atoms with Crippen LogP contribution in [0.15, 0.2) is 18.2 Å². The smallest absolute Gasteiger partial charge is 0.242 e. The molecule has 0 bridgehead atoms. The number of benzene rings is 1. The van der Waals surface area contributed by atoms with Gasteiger partial charge in [-0.05, 0) is 51.5 Å². The maximum absolute atomic E-state index is 12.5. The van der Waals surface area contributed by atoms with E-state index in [1.807, 2.05) is 32.2 Å². The Morgan fingerprint density at radius 1 is 1.28 bits per heavy atom. The molecule has 0 aliphatic carbocycles. The SMILES string of the molecule is Cc1ccc2c(c1)C1(CCN(C)CC1)S(=O)(=O)N2. The highest BCUT2D eigenvalue weighted by Gasteiger charge is 2.52. The van der Waals surface area contributed by atoms with Crippen LogP contribution in [0.2, 0.25) is 0 Å². The molecule has 0 amide bonds. The van der Waals surface area contributed by atoms with E-state index in [-0.39, 0.29) is 0 Å². The largest absolute Gasteiger partial charge is 0.306 e. The van der Waals surface area contributed by atoms with Crippen LogP contribution in [0.25, 0.3) is 0 Å². The first-order valence-corrected chi connectivity index (χ1v) is 7.75. The average molecular weight is 266 g/mol. The number of sulfonamides is 1. The Labute approximate surface area is 108 Å². The van der Waals surface area contributed by atoms with E-state index in [1.165, 1.54) is 0 Å². The van der Waals surface area contributed by atoms with E-state index in [0.717, 1.165) is 29.9 Å². The van der Waals surface area contributed by atoms with Gasteiger partial charge < -0.3 is 4.90 Å². The number of aryl methyl sites for hydroxylation is 1. The van der Waals surface area contributed by atoms with Crippen LogP contribution in [-0.4, -0.2) is 33.5 Å². The molecule has 1 N–H and O–H groups in total. The number of hydrogen-bond donors (Lipinski definition) is 1. The van der Waals surface area contributed by atoms with Gasteiger partial charge >= 0.3 is 0 Å². The number of piperidine rings is 1. The zero-order valence-electron chi connectivity index (χ0n) is 10.7. The summed E-state index contributed by atoms with van der Waals surface area (Å²) >= 11 is 0. The van der Waals surface area contributed by atoms with E-state index in [9.17, 15) is 8.42 Å². The minimum absolute atomic E-state index is 0.676. The van der Waals surface area contributed by atoms with Crippen molar-refractivity contribution in [3.8, 4) is 0 Å². The molecule has 2 aliphatic heterocycles. The molecule has 0 unspecified atom stereocenters. The van der Waals surface area contributed by atoms with Crippen molar-refractivity contribution < 1.29 is 8.42 Å². The van der Waals surface area contributed by atoms with E-state index < -0.39 is 14.8 Å². The summed E-state index contributed by atoms with van der Waals surface area (Å²) in [7, 11) is -1.24. The Balaban J connectivity index is 2.16. The lowest BCUT2D eigenvalue weighted by molar-refractivity contribution is 0.235. The first-order valence-electron chi connectivity index (χ1n) is 6.27. The molecule has 3 rings (SSSR count). The van der Waals surface area contributed by atoms with Gasteiger partial charge in [-0.1, -0.05) is 17.7 Å². The van der Waals surface area contributed by atoms with Gasteiger partial charge in [0.1, 0.15) is 4.75 Å². The molecular weight excluding hydrogens is 248 g/mol. The van der Waals surface area contributed by atoms with Crippen LogP contribution >= 0.6 is 0 Å². The fourth-order valence-electron chi connectivity index (χ4n) is 3.03. The molecule has 1 saturated heterocycles. The van der Waals surface area contributed by atoms with Crippen molar-refractivity contribution in [1.29, 1.82) is 0 Å². The van der Waals surface area contributed by atoms with Gasteiger partial charge in [0, 0.05) is 0 Å². The summed E-state index contributed by atoms with van der Waals surface area (Å²) in [6, 6.07) is 5.86. The van der Waals surface area contributed by atoms with Crippen LogP contribution in [0.4, 0.5) is 5.69 Å². The van der Waals surface area contributed by atoms with Crippen LogP contribution in [0.5, 0.6) is 0 Å². The second-order valence-corrected chi connectivity index (χ2v) is 7.44. The van der Waals surface area contributed by atoms with Gasteiger partial charge in [0.15, 0.2) is 0 Å². The number of nitrogens with zero attached hydrogens (tertiary/aromatic N) is 1. The molecule has 1 aromatic rings. The second-order valence-electron chi connectivity index (χ2n) is 5.45. The zero-order valence-corrected chi connectivity index (χ0v) is 11.5. The van der Waals surface area contributed by atoms with Gasteiger partial charge in [-0.2, -0.15) is 0 Å². The summed E-state index contributed by atoms with van der Waals surface area (Å²) in [5, 5.41) is 0. The summed E-state index contributed by atoms with van der Waals surface area (Å²) in [6.45, 7) is 3.66. The summed E-state index contributed by atoms with van der Waals surface area (Å²) in [5.74, 6) is 0. The van der Waals surface area contributed by atoms with Crippen molar-refractivity contribution in [3.63, 3.8) is 0 Å². The van der Waals surface area contributed by atoms with Gasteiger partial charge in [0.25, 0.3) is 0 Å². The van der Waals surface area contributed by atoms with Gasteiger partial charge in [0.05, 0.1) is 5.69 Å². The van der Waals surface area contributed by atoms with E-state index >= 15 is 0 Å². The molecule has 0 radical (unpaired) electrons. The summed E-state index contributed by atoms with van der Waals surface area (Å²) in [4.78, 5) is 2.19. The fourth-order valence-corrected chi connectivity index (χ4v) is 4.87. The van der Waals surface area contributed by atoms with Crippen molar-refractivity contribution in [1.82, 2.24) is 4.90 Å². The van der Waals surface area contributed by atoms with E-state index in [2.05, 4.69) is 9.62 Å². The standard InChI is InChI=1S/C13H18N2O2S/c1-10-3-4-12-11(9-10)13(18(16,17)14-12)5-7-15(2)8-6-13/h3-4,9,14H,5-8H2,1-2H3. The predicted octanol–water partition coefficient (Wildman–Crippen LogP) is 1.67. The highest BCUT2D eigenvalue weighted by Crippen LogP contribution is 2.49. The molecule has 1 aromatic carbocycles. The molecule has 5 heteroatoms. The number of anilines is 1. The summed E-state index contributed by atoms with van der Waals surface area (Å²) < 4.78 is 27.0. The molecule has 18 heavy (non-hydrogen) atoms. The van der Waals surface area contributed by atoms with Crippen LogP contribution in [0.3, 0.4) is 0 Å². The Kier molecular flexibility index (Phi) is 2.47. The molecule has 2 aliphatic rings. The van der Waals surface area contributed by atoms with Crippen LogP contribution in [-0.2, 0) is 14.8 Å². The Morgan fingerprint density at radius 2 is 1.94 bits per heavy atom. The van der Waals surface area contributed by atoms with E-state index in [0.29, 0.717) is 12.8 Å². The monoisotopic (exact) mass is 266 g/mol. The molecule has 1 fully saturated rings. The quantitative estimate of drug-likeness (QED) is 0.777. The van der Waals surface area contributed by atoms with Crippen molar-refractivity contribution in [2.24, 2.45) is 0 Å². The lowest BCUT2D eigenvalue weighted by atomic mass is 9.87. The lowest BCUT2D eigenvalue weighted by Gasteiger charge is -2.36. The van der Waals surface area contributed by atoms with Crippen LogP contribution in [0, 0.1) is 6.92 Å². The maximum atomic E-state index is 12.5. The van der Waals surface area contributed by atoms with E-state index in [1.54, 1.807) is 0 Å². The number of rotatable bonds is 0. The summed E-state index contributed by atoms with van der Waals surface area (Å²) in [5.41, 5.74) is 2.85. The van der Waals surface area contributed by atoms with Crippen LogP contribution in [0.1, 0.15) is 24.0 Å². The van der Waals surface area contributed by atoms with Gasteiger partial charge in [0.2, 0.25) is 10.0 Å². The molecule has 0 atom stereocenters. The fraction of sp³-hybridized carbons (Fsp3) is 0.538. The molecule has 4 nitrogen and oxygen atoms in total. The van der Waals surface area contributed by atoms with E-state index in [4.69, 9.17) is 0 Å². The van der Waals surface area contributed by atoms with Gasteiger partial charge in [-0.3, -0.25) is 4.72 Å². The first kappa shape index (κ1) is 12.0. The molecular formula is C13H18N2O2S. The van der Waals surface area contributed by atoms with Crippen molar-refractivity contribution >= 4 is 15.7 Å². The van der Waals surface area contributed by atoms with Crippen LogP contribution < -0.4 is 4.72 Å². The van der Waals surface area contributed by atoms with Crippen molar-refractivity contribution in [2.45, 2.75) is 24.5 Å². The van der Waals surface area contributed by atoms with Gasteiger partial charge in [-0.25, -0.2) is 8.42 Å². The Bertz CT molecular complexity index is 587. The zero-order chi connectivity index (χ0) is 13.0. The highest BCUT2D eigenvalue weighted by molar-refractivity contribution is 7.94.